The average molecular weight is 365 g/mol. The van der Waals surface area contributed by atoms with Gasteiger partial charge in [0.1, 0.15) is 0 Å². The van der Waals surface area contributed by atoms with E-state index in [1.165, 1.54) is 12.8 Å². The number of guanidine groups is 1. The van der Waals surface area contributed by atoms with Gasteiger partial charge in [0.25, 0.3) is 0 Å². The minimum absolute atomic E-state index is 0.510. The maximum absolute atomic E-state index is 5.54. The summed E-state index contributed by atoms with van der Waals surface area (Å²) in [5.41, 5.74) is 1.12. The summed E-state index contributed by atoms with van der Waals surface area (Å²) in [5, 5.41) is 11.1. The standard InChI is InChI=1S/C19H36N6O/c1-5-17(6-2)18(25-8-10-26-11-9-25)14-22-19(20-7-3)21-12-16-13-23-24(4)15-16/h13,15,17-18H,5-12,14H2,1-4H3,(H2,20,21,22). The Balaban J connectivity index is 1.99. The molecule has 0 radical (unpaired) electrons. The minimum atomic E-state index is 0.510. The smallest absolute Gasteiger partial charge is 0.191 e. The predicted molar refractivity (Wildman–Crippen MR) is 106 cm³/mol. The number of morpholine rings is 1. The monoisotopic (exact) mass is 364 g/mol. The van der Waals surface area contributed by atoms with E-state index in [0.717, 1.165) is 50.9 Å². The Morgan fingerprint density at radius 3 is 2.54 bits per heavy atom. The lowest BCUT2D eigenvalue weighted by atomic mass is 9.92. The van der Waals surface area contributed by atoms with E-state index in [4.69, 9.17) is 9.73 Å². The van der Waals surface area contributed by atoms with Crippen LogP contribution in [0.4, 0.5) is 0 Å². The van der Waals surface area contributed by atoms with Crippen LogP contribution in [-0.2, 0) is 18.3 Å². The lowest BCUT2D eigenvalue weighted by Gasteiger charge is -2.39. The number of hydrogen-bond donors (Lipinski definition) is 2. The van der Waals surface area contributed by atoms with Crippen molar-refractivity contribution in [2.75, 3.05) is 39.4 Å². The van der Waals surface area contributed by atoms with E-state index in [1.54, 1.807) is 0 Å². The molecule has 2 heterocycles. The molecule has 0 aliphatic carbocycles. The first-order valence-electron chi connectivity index (χ1n) is 9.99. The van der Waals surface area contributed by atoms with Crippen molar-refractivity contribution in [3.8, 4) is 0 Å². The van der Waals surface area contributed by atoms with Gasteiger partial charge < -0.3 is 15.4 Å². The van der Waals surface area contributed by atoms with Gasteiger partial charge >= 0.3 is 0 Å². The Kier molecular flexibility index (Phi) is 8.91. The van der Waals surface area contributed by atoms with Gasteiger partial charge in [0.05, 0.1) is 26.0 Å². The normalized spacial score (nSPS) is 17.5. The summed E-state index contributed by atoms with van der Waals surface area (Å²) in [6.45, 7) is 12.8. The number of nitrogens with one attached hydrogen (secondary N) is 2. The third-order valence-electron chi connectivity index (χ3n) is 5.11. The quantitative estimate of drug-likeness (QED) is 0.515. The molecule has 1 aromatic heterocycles. The van der Waals surface area contributed by atoms with Gasteiger partial charge in [0.15, 0.2) is 5.96 Å². The molecular formula is C19H36N6O. The third kappa shape index (κ3) is 6.29. The molecule has 1 unspecified atom stereocenters. The van der Waals surface area contributed by atoms with Gasteiger partial charge in [0.2, 0.25) is 0 Å². The van der Waals surface area contributed by atoms with Gasteiger partial charge in [-0.15, -0.1) is 0 Å². The van der Waals surface area contributed by atoms with Crippen molar-refractivity contribution < 1.29 is 4.74 Å². The molecular weight excluding hydrogens is 328 g/mol. The molecule has 1 aliphatic heterocycles. The fraction of sp³-hybridized carbons (Fsp3) is 0.789. The summed E-state index contributed by atoms with van der Waals surface area (Å²) in [5.74, 6) is 1.56. The first-order chi connectivity index (χ1) is 12.7. The van der Waals surface area contributed by atoms with Gasteiger partial charge in [0, 0.05) is 51.0 Å². The molecule has 0 amide bonds. The molecule has 148 valence electrons. The van der Waals surface area contributed by atoms with Gasteiger partial charge in [-0.1, -0.05) is 26.7 Å². The summed E-state index contributed by atoms with van der Waals surface area (Å²) in [6, 6.07) is 0.510. The van der Waals surface area contributed by atoms with E-state index in [-0.39, 0.29) is 0 Å². The van der Waals surface area contributed by atoms with Crippen molar-refractivity contribution >= 4 is 5.96 Å². The minimum Gasteiger partial charge on any atom is -0.379 e. The molecule has 0 spiro atoms. The Morgan fingerprint density at radius 1 is 1.23 bits per heavy atom. The van der Waals surface area contributed by atoms with Crippen LogP contribution in [0.2, 0.25) is 0 Å². The Labute approximate surface area is 158 Å². The van der Waals surface area contributed by atoms with Crippen molar-refractivity contribution in [1.82, 2.24) is 25.3 Å². The van der Waals surface area contributed by atoms with Crippen LogP contribution in [0.25, 0.3) is 0 Å². The van der Waals surface area contributed by atoms with E-state index in [9.17, 15) is 0 Å². The summed E-state index contributed by atoms with van der Waals surface area (Å²) in [4.78, 5) is 7.31. The molecule has 1 aromatic rings. The molecule has 0 aromatic carbocycles. The van der Waals surface area contributed by atoms with Crippen LogP contribution in [0, 0.1) is 5.92 Å². The van der Waals surface area contributed by atoms with Crippen molar-refractivity contribution in [2.24, 2.45) is 18.0 Å². The van der Waals surface area contributed by atoms with Gasteiger partial charge in [-0.25, -0.2) is 4.99 Å². The van der Waals surface area contributed by atoms with Gasteiger partial charge in [-0.05, 0) is 12.8 Å². The molecule has 0 saturated carbocycles. The van der Waals surface area contributed by atoms with Gasteiger partial charge in [-0.3, -0.25) is 9.58 Å². The van der Waals surface area contributed by atoms with Gasteiger partial charge in [-0.2, -0.15) is 5.10 Å². The summed E-state index contributed by atoms with van der Waals surface area (Å²) < 4.78 is 7.36. The van der Waals surface area contributed by atoms with Crippen molar-refractivity contribution in [2.45, 2.75) is 46.2 Å². The number of nitrogens with zero attached hydrogens (tertiary/aromatic N) is 4. The number of aryl methyl sites for hydroxylation is 1. The number of ether oxygens (including phenoxy) is 1. The second kappa shape index (κ2) is 11.2. The van der Waals surface area contributed by atoms with Crippen LogP contribution < -0.4 is 10.6 Å². The molecule has 1 fully saturated rings. The molecule has 1 atom stereocenters. The number of aromatic nitrogens is 2. The fourth-order valence-electron chi connectivity index (χ4n) is 3.60. The Morgan fingerprint density at radius 2 is 1.96 bits per heavy atom. The molecule has 2 rings (SSSR count). The SMILES string of the molecule is CCNC(=NCc1cnn(C)c1)NCC(C(CC)CC)N1CCOCC1. The van der Waals surface area contributed by atoms with Crippen LogP contribution in [0.5, 0.6) is 0 Å². The van der Waals surface area contributed by atoms with E-state index in [0.29, 0.717) is 18.5 Å². The molecule has 7 heteroatoms. The number of rotatable bonds is 9. The van der Waals surface area contributed by atoms with E-state index in [2.05, 4.69) is 41.4 Å². The predicted octanol–water partition coefficient (Wildman–Crippen LogP) is 1.61. The van der Waals surface area contributed by atoms with E-state index >= 15 is 0 Å². The van der Waals surface area contributed by atoms with Crippen LogP contribution in [0.15, 0.2) is 17.4 Å². The zero-order chi connectivity index (χ0) is 18.8. The Bertz CT molecular complexity index is 534. The van der Waals surface area contributed by atoms with Crippen LogP contribution in [0.1, 0.15) is 39.2 Å². The largest absolute Gasteiger partial charge is 0.379 e. The van der Waals surface area contributed by atoms with Crippen molar-refractivity contribution in [3.05, 3.63) is 18.0 Å². The summed E-state index contributed by atoms with van der Waals surface area (Å²) >= 11 is 0. The number of aliphatic imine (C=N–C) groups is 1. The lowest BCUT2D eigenvalue weighted by molar-refractivity contribution is 0.00272. The molecule has 2 N–H and O–H groups in total. The van der Waals surface area contributed by atoms with E-state index in [1.807, 2.05) is 24.1 Å². The maximum atomic E-state index is 5.54. The summed E-state index contributed by atoms with van der Waals surface area (Å²) in [7, 11) is 1.93. The molecule has 0 bridgehead atoms. The van der Waals surface area contributed by atoms with Crippen LogP contribution in [-0.4, -0.2) is 66.1 Å². The highest BCUT2D eigenvalue weighted by Crippen LogP contribution is 2.19. The molecule has 7 nitrogen and oxygen atoms in total. The fourth-order valence-corrected chi connectivity index (χ4v) is 3.60. The average Bonchev–Trinajstić information content (AvgIpc) is 3.09. The highest BCUT2D eigenvalue weighted by molar-refractivity contribution is 5.79. The van der Waals surface area contributed by atoms with Crippen LogP contribution in [0.3, 0.4) is 0 Å². The first kappa shape index (κ1) is 20.7. The molecule has 1 saturated heterocycles. The Hall–Kier alpha value is -1.60. The van der Waals surface area contributed by atoms with Crippen molar-refractivity contribution in [1.29, 1.82) is 0 Å². The number of hydrogen-bond acceptors (Lipinski definition) is 4. The second-order valence-corrected chi connectivity index (χ2v) is 6.89. The highest BCUT2D eigenvalue weighted by Gasteiger charge is 2.26. The maximum Gasteiger partial charge on any atom is 0.191 e. The van der Waals surface area contributed by atoms with E-state index < -0.39 is 0 Å². The zero-order valence-corrected chi connectivity index (χ0v) is 16.9. The second-order valence-electron chi connectivity index (χ2n) is 6.89. The van der Waals surface area contributed by atoms with Crippen molar-refractivity contribution in [3.63, 3.8) is 0 Å². The van der Waals surface area contributed by atoms with Crippen LogP contribution >= 0.6 is 0 Å². The molecule has 1 aliphatic rings. The highest BCUT2D eigenvalue weighted by atomic mass is 16.5. The zero-order valence-electron chi connectivity index (χ0n) is 16.9. The third-order valence-corrected chi connectivity index (χ3v) is 5.11. The first-order valence-corrected chi connectivity index (χ1v) is 9.99. The topological polar surface area (TPSA) is 66.7 Å². The summed E-state index contributed by atoms with van der Waals surface area (Å²) in [6.07, 6.45) is 6.27. The molecule has 26 heavy (non-hydrogen) atoms. The lowest BCUT2D eigenvalue weighted by Crippen LogP contribution is -2.53.